The first-order chi connectivity index (χ1) is 8.21. The molecule has 0 aliphatic carbocycles. The summed E-state index contributed by atoms with van der Waals surface area (Å²) < 4.78 is 1.08. The molecule has 1 aromatic rings. The maximum Gasteiger partial charge on any atom is 0.304 e. The van der Waals surface area contributed by atoms with Gasteiger partial charge >= 0.3 is 5.97 Å². The summed E-state index contributed by atoms with van der Waals surface area (Å²) >= 11 is 5.16. The second-order valence-corrected chi connectivity index (χ2v) is 7.21. The average molecular weight is 334 g/mol. The minimum Gasteiger partial charge on any atom is -0.481 e. The van der Waals surface area contributed by atoms with Crippen LogP contribution in [0.4, 0.5) is 0 Å². The Balaban J connectivity index is 2.85. The van der Waals surface area contributed by atoms with E-state index in [1.165, 1.54) is 4.88 Å². The van der Waals surface area contributed by atoms with Gasteiger partial charge in [-0.25, -0.2) is 0 Å². The Bertz CT molecular complexity index is 411. The summed E-state index contributed by atoms with van der Waals surface area (Å²) in [6, 6.07) is 2.33. The highest BCUT2D eigenvalue weighted by molar-refractivity contribution is 9.10. The lowest BCUT2D eigenvalue weighted by Gasteiger charge is -2.39. The van der Waals surface area contributed by atoms with Crippen LogP contribution in [0.5, 0.6) is 0 Å². The van der Waals surface area contributed by atoms with Crippen LogP contribution in [0.1, 0.15) is 45.0 Å². The van der Waals surface area contributed by atoms with Crippen LogP contribution < -0.4 is 0 Å². The Morgan fingerprint density at radius 1 is 1.56 bits per heavy atom. The summed E-state index contributed by atoms with van der Waals surface area (Å²) in [7, 11) is 0. The van der Waals surface area contributed by atoms with E-state index in [0.717, 1.165) is 4.47 Å². The quantitative estimate of drug-likeness (QED) is 0.879. The molecule has 102 valence electrons. The molecule has 0 radical (unpaired) electrons. The second-order valence-electron chi connectivity index (χ2n) is 5.35. The number of aliphatic carboxylic acids is 1. The smallest absolute Gasteiger partial charge is 0.304 e. The van der Waals surface area contributed by atoms with Gasteiger partial charge in [0.1, 0.15) is 0 Å². The van der Waals surface area contributed by atoms with Crippen molar-refractivity contribution in [2.24, 2.45) is 0 Å². The molecule has 18 heavy (non-hydrogen) atoms. The van der Waals surface area contributed by atoms with Crippen molar-refractivity contribution in [1.82, 2.24) is 4.90 Å². The van der Waals surface area contributed by atoms with E-state index in [1.807, 2.05) is 0 Å². The van der Waals surface area contributed by atoms with Gasteiger partial charge in [0.15, 0.2) is 0 Å². The minimum absolute atomic E-state index is 0.0503. The maximum absolute atomic E-state index is 10.8. The van der Waals surface area contributed by atoms with E-state index in [2.05, 4.69) is 60.0 Å². The number of hydrogen-bond acceptors (Lipinski definition) is 3. The summed E-state index contributed by atoms with van der Waals surface area (Å²) in [6.45, 7) is 9.05. The Morgan fingerprint density at radius 2 is 2.17 bits per heavy atom. The molecule has 5 heteroatoms. The first-order valence-corrected chi connectivity index (χ1v) is 7.61. The molecule has 0 aromatic carbocycles. The molecule has 0 bridgehead atoms. The second kappa shape index (κ2) is 6.17. The third kappa shape index (κ3) is 4.37. The molecule has 0 saturated heterocycles. The Hall–Kier alpha value is -0.390. The molecule has 0 saturated carbocycles. The van der Waals surface area contributed by atoms with Crippen LogP contribution in [0.3, 0.4) is 0 Å². The van der Waals surface area contributed by atoms with Crippen molar-refractivity contribution in [2.45, 2.75) is 45.7 Å². The van der Waals surface area contributed by atoms with Crippen LogP contribution in [0.15, 0.2) is 15.9 Å². The molecule has 1 N–H and O–H groups in total. The van der Waals surface area contributed by atoms with Crippen LogP contribution in [0, 0.1) is 0 Å². The molecule has 0 aliphatic rings. The molecule has 0 fully saturated rings. The molecule has 0 spiro atoms. The third-order valence-electron chi connectivity index (χ3n) is 2.90. The summed E-state index contributed by atoms with van der Waals surface area (Å²) in [5.74, 6) is -0.746. The number of halogens is 1. The largest absolute Gasteiger partial charge is 0.481 e. The fourth-order valence-electron chi connectivity index (χ4n) is 2.03. The predicted octanol–water partition coefficient (Wildman–Crippen LogP) is 4.15. The summed E-state index contributed by atoms with van der Waals surface area (Å²) in [4.78, 5) is 14.2. The van der Waals surface area contributed by atoms with E-state index < -0.39 is 5.97 Å². The Labute approximate surface area is 121 Å². The lowest BCUT2D eigenvalue weighted by atomic mass is 10.0. The topological polar surface area (TPSA) is 40.5 Å². The fraction of sp³-hybridized carbons (Fsp3) is 0.615. The number of carbonyl (C=O) groups is 1. The molecular weight excluding hydrogens is 314 g/mol. The third-order valence-corrected chi connectivity index (χ3v) is 4.76. The van der Waals surface area contributed by atoms with Gasteiger partial charge in [0.25, 0.3) is 0 Å². The van der Waals surface area contributed by atoms with Gasteiger partial charge in [-0.05, 0) is 49.7 Å². The van der Waals surface area contributed by atoms with E-state index in [-0.39, 0.29) is 18.0 Å². The summed E-state index contributed by atoms with van der Waals surface area (Å²) in [6.07, 6.45) is 0.175. The highest BCUT2D eigenvalue weighted by Gasteiger charge is 2.28. The molecule has 0 amide bonds. The minimum atomic E-state index is -0.746. The molecule has 3 nitrogen and oxygen atoms in total. The number of rotatable bonds is 5. The normalized spacial score (nSPS) is 13.9. The highest BCUT2D eigenvalue weighted by atomic mass is 79.9. The lowest BCUT2D eigenvalue weighted by Crippen LogP contribution is -2.43. The molecule has 0 aliphatic heterocycles. The van der Waals surface area contributed by atoms with Crippen LogP contribution in [0.2, 0.25) is 0 Å². The average Bonchev–Trinajstić information content (AvgIpc) is 2.62. The monoisotopic (exact) mass is 333 g/mol. The maximum atomic E-state index is 10.8. The van der Waals surface area contributed by atoms with Crippen molar-refractivity contribution < 1.29 is 9.90 Å². The zero-order valence-corrected chi connectivity index (χ0v) is 13.6. The van der Waals surface area contributed by atoms with Gasteiger partial charge in [-0.1, -0.05) is 0 Å². The predicted molar refractivity (Wildman–Crippen MR) is 79.1 cm³/mol. The van der Waals surface area contributed by atoms with Gasteiger partial charge in [0, 0.05) is 32.9 Å². The lowest BCUT2D eigenvalue weighted by molar-refractivity contribution is -0.137. The van der Waals surface area contributed by atoms with E-state index >= 15 is 0 Å². The first-order valence-electron chi connectivity index (χ1n) is 5.94. The van der Waals surface area contributed by atoms with Crippen molar-refractivity contribution in [1.29, 1.82) is 0 Å². The Kier molecular flexibility index (Phi) is 5.37. The van der Waals surface area contributed by atoms with Crippen molar-refractivity contribution in [2.75, 3.05) is 6.54 Å². The number of hydrogen-bond donors (Lipinski definition) is 1. The van der Waals surface area contributed by atoms with Crippen LogP contribution in [-0.2, 0) is 4.79 Å². The number of nitrogens with zero attached hydrogens (tertiary/aromatic N) is 1. The molecule has 1 heterocycles. The highest BCUT2D eigenvalue weighted by Crippen LogP contribution is 2.33. The van der Waals surface area contributed by atoms with Gasteiger partial charge in [0.05, 0.1) is 6.42 Å². The van der Waals surface area contributed by atoms with Crippen LogP contribution in [-0.4, -0.2) is 28.1 Å². The van der Waals surface area contributed by atoms with Gasteiger partial charge < -0.3 is 5.11 Å². The van der Waals surface area contributed by atoms with E-state index in [4.69, 9.17) is 5.11 Å². The Morgan fingerprint density at radius 3 is 2.56 bits per heavy atom. The number of carboxylic acid groups (broad SMARTS) is 1. The summed E-state index contributed by atoms with van der Waals surface area (Å²) in [5, 5.41) is 10.9. The van der Waals surface area contributed by atoms with Crippen molar-refractivity contribution in [3.05, 3.63) is 20.8 Å². The van der Waals surface area contributed by atoms with Crippen molar-refractivity contribution in [3.63, 3.8) is 0 Å². The van der Waals surface area contributed by atoms with Gasteiger partial charge in [-0.3, -0.25) is 9.69 Å². The van der Waals surface area contributed by atoms with E-state index in [1.54, 1.807) is 11.3 Å². The molecule has 1 aromatic heterocycles. The van der Waals surface area contributed by atoms with Crippen LogP contribution in [0.25, 0.3) is 0 Å². The van der Waals surface area contributed by atoms with Gasteiger partial charge in [-0.2, -0.15) is 0 Å². The summed E-state index contributed by atoms with van der Waals surface area (Å²) in [5.41, 5.74) is -0.0503. The van der Waals surface area contributed by atoms with Gasteiger partial charge in [0.2, 0.25) is 0 Å². The van der Waals surface area contributed by atoms with E-state index in [0.29, 0.717) is 6.54 Å². The fourth-order valence-corrected chi connectivity index (χ4v) is 3.54. The SMILES string of the molecule is CC(c1cc(Br)cs1)N(CCC(=O)O)C(C)(C)C. The standard InChI is InChI=1S/C13H20BrNO2S/c1-9(11-7-10(14)8-18-11)15(13(2,3)4)6-5-12(16)17/h7-9H,5-6H2,1-4H3,(H,16,17). The van der Waals surface area contributed by atoms with Crippen molar-refractivity contribution in [3.8, 4) is 0 Å². The number of carboxylic acids is 1. The molecule has 1 rings (SSSR count). The molecular formula is C13H20BrNO2S. The molecule has 1 unspecified atom stereocenters. The van der Waals surface area contributed by atoms with Crippen molar-refractivity contribution >= 4 is 33.2 Å². The van der Waals surface area contributed by atoms with Crippen LogP contribution >= 0.6 is 27.3 Å². The zero-order valence-electron chi connectivity index (χ0n) is 11.2. The first kappa shape index (κ1) is 15.7. The van der Waals surface area contributed by atoms with E-state index in [9.17, 15) is 4.79 Å². The molecule has 1 atom stereocenters. The number of thiophene rings is 1. The van der Waals surface area contributed by atoms with Gasteiger partial charge in [-0.15, -0.1) is 11.3 Å². The zero-order chi connectivity index (χ0) is 13.9.